The molecule has 2 fully saturated rings. The second kappa shape index (κ2) is 7.55. The number of aromatic nitrogens is 1. The lowest BCUT2D eigenvalue weighted by molar-refractivity contribution is 0.0792. The van der Waals surface area contributed by atoms with E-state index >= 15 is 0 Å². The van der Waals surface area contributed by atoms with Crippen LogP contribution in [-0.4, -0.2) is 52.9 Å². The number of carbonyl (C=O) groups is 1. The third-order valence-corrected chi connectivity index (χ3v) is 6.34. The number of hydrogen-bond donors (Lipinski definition) is 0. The van der Waals surface area contributed by atoms with Gasteiger partial charge in [0.15, 0.2) is 0 Å². The third-order valence-electron chi connectivity index (χ3n) is 6.34. The molecule has 0 radical (unpaired) electrons. The number of ether oxygens (including phenoxy) is 1. The number of nitrogens with zero attached hydrogens (tertiary/aromatic N) is 3. The summed E-state index contributed by atoms with van der Waals surface area (Å²) in [4.78, 5) is 21.3. The lowest BCUT2D eigenvalue weighted by atomic mass is 10.1. The van der Waals surface area contributed by atoms with Gasteiger partial charge >= 0.3 is 0 Å². The highest BCUT2D eigenvalue weighted by Crippen LogP contribution is 2.31. The fraction of sp³-hybridized carbons (Fsp3) is 0.478. The zero-order valence-electron chi connectivity index (χ0n) is 16.3. The molecule has 1 aliphatic carbocycles. The molecule has 1 atom stereocenters. The number of pyridine rings is 1. The van der Waals surface area contributed by atoms with Gasteiger partial charge in [-0.05, 0) is 80.9 Å². The summed E-state index contributed by atoms with van der Waals surface area (Å²) in [5, 5.41) is 0. The van der Waals surface area contributed by atoms with Gasteiger partial charge in [0.25, 0.3) is 5.91 Å². The van der Waals surface area contributed by atoms with Gasteiger partial charge in [0.05, 0.1) is 5.56 Å². The van der Waals surface area contributed by atoms with Crippen LogP contribution < -0.4 is 4.74 Å². The van der Waals surface area contributed by atoms with E-state index in [-0.39, 0.29) is 5.91 Å². The molecule has 5 nitrogen and oxygen atoms in total. The first-order valence-electron chi connectivity index (χ1n) is 10.6. The summed E-state index contributed by atoms with van der Waals surface area (Å²) < 4.78 is 5.97. The van der Waals surface area contributed by atoms with E-state index in [1.807, 2.05) is 17.0 Å². The first-order chi connectivity index (χ1) is 13.8. The zero-order valence-corrected chi connectivity index (χ0v) is 16.3. The van der Waals surface area contributed by atoms with Gasteiger partial charge in [-0.2, -0.15) is 0 Å². The molecule has 3 aliphatic rings. The van der Waals surface area contributed by atoms with Crippen LogP contribution in [0, 0.1) is 0 Å². The minimum absolute atomic E-state index is 0.0713. The lowest BCUT2D eigenvalue weighted by Crippen LogP contribution is -2.33. The average molecular weight is 377 g/mol. The summed E-state index contributed by atoms with van der Waals surface area (Å²) in [5.41, 5.74) is 3.48. The molecule has 3 heterocycles. The van der Waals surface area contributed by atoms with E-state index in [1.54, 1.807) is 12.3 Å². The predicted molar refractivity (Wildman–Crippen MR) is 108 cm³/mol. The van der Waals surface area contributed by atoms with E-state index in [9.17, 15) is 4.79 Å². The van der Waals surface area contributed by atoms with Crippen molar-refractivity contribution in [1.82, 2.24) is 14.8 Å². The maximum Gasteiger partial charge on any atom is 0.255 e. The molecule has 1 aromatic heterocycles. The molecule has 0 saturated carbocycles. The summed E-state index contributed by atoms with van der Waals surface area (Å²) >= 11 is 0. The molecular weight excluding hydrogens is 350 g/mol. The predicted octanol–water partition coefficient (Wildman–Crippen LogP) is 3.67. The van der Waals surface area contributed by atoms with Crippen molar-refractivity contribution >= 4 is 5.91 Å². The van der Waals surface area contributed by atoms with Crippen LogP contribution in [0.2, 0.25) is 0 Å². The molecule has 2 aliphatic heterocycles. The SMILES string of the molecule is O=C(c1ccc(Oc2ccc3c(c2)CC(N2CCCC2)C3)nc1)N1CCCC1. The van der Waals surface area contributed by atoms with Gasteiger partial charge in [0.1, 0.15) is 5.75 Å². The Bertz CT molecular complexity index is 853. The smallest absolute Gasteiger partial charge is 0.255 e. The fourth-order valence-electron chi connectivity index (χ4n) is 4.79. The van der Waals surface area contributed by atoms with Crippen molar-refractivity contribution in [2.24, 2.45) is 0 Å². The van der Waals surface area contributed by atoms with Crippen LogP contribution in [0.25, 0.3) is 0 Å². The quantitative estimate of drug-likeness (QED) is 0.816. The summed E-state index contributed by atoms with van der Waals surface area (Å²) in [5.74, 6) is 1.43. The highest BCUT2D eigenvalue weighted by Gasteiger charge is 2.28. The monoisotopic (exact) mass is 377 g/mol. The van der Waals surface area contributed by atoms with Crippen molar-refractivity contribution < 1.29 is 9.53 Å². The van der Waals surface area contributed by atoms with Gasteiger partial charge in [0.2, 0.25) is 5.88 Å². The first kappa shape index (κ1) is 17.7. The van der Waals surface area contributed by atoms with Crippen LogP contribution in [0.1, 0.15) is 47.2 Å². The molecule has 2 aromatic rings. The highest BCUT2D eigenvalue weighted by atomic mass is 16.5. The minimum Gasteiger partial charge on any atom is -0.439 e. The largest absolute Gasteiger partial charge is 0.439 e. The summed E-state index contributed by atoms with van der Waals surface area (Å²) in [6.07, 6.45) is 8.76. The Morgan fingerprint density at radius 3 is 2.43 bits per heavy atom. The minimum atomic E-state index is 0.0713. The number of carbonyl (C=O) groups excluding carboxylic acids is 1. The average Bonchev–Trinajstić information content (AvgIpc) is 3.48. The van der Waals surface area contributed by atoms with Gasteiger partial charge in [-0.1, -0.05) is 6.07 Å². The number of fused-ring (bicyclic) bond motifs is 1. The second-order valence-corrected chi connectivity index (χ2v) is 8.22. The zero-order chi connectivity index (χ0) is 18.9. The van der Waals surface area contributed by atoms with E-state index in [0.29, 0.717) is 17.5 Å². The number of amides is 1. The van der Waals surface area contributed by atoms with Gasteiger partial charge in [0, 0.05) is 31.4 Å². The molecule has 5 heteroatoms. The van der Waals surface area contributed by atoms with Crippen LogP contribution in [0.4, 0.5) is 0 Å². The Morgan fingerprint density at radius 1 is 0.929 bits per heavy atom. The molecular formula is C23H27N3O2. The van der Waals surface area contributed by atoms with E-state index in [4.69, 9.17) is 4.74 Å². The molecule has 2 saturated heterocycles. The standard InChI is InChI=1S/C23H27N3O2/c27-23(26-11-3-4-12-26)18-6-8-22(24-16-18)28-21-7-5-17-13-20(14-19(17)15-21)25-9-1-2-10-25/h5-8,15-16,20H,1-4,9-14H2. The molecule has 0 spiro atoms. The van der Waals surface area contributed by atoms with Crippen molar-refractivity contribution in [3.63, 3.8) is 0 Å². The van der Waals surface area contributed by atoms with Gasteiger partial charge in [-0.3, -0.25) is 9.69 Å². The van der Waals surface area contributed by atoms with Crippen LogP contribution in [-0.2, 0) is 12.8 Å². The topological polar surface area (TPSA) is 45.7 Å². The van der Waals surface area contributed by atoms with Crippen molar-refractivity contribution in [1.29, 1.82) is 0 Å². The third kappa shape index (κ3) is 3.51. The van der Waals surface area contributed by atoms with E-state index in [2.05, 4.69) is 22.0 Å². The van der Waals surface area contributed by atoms with Crippen LogP contribution in [0.15, 0.2) is 36.5 Å². The van der Waals surface area contributed by atoms with E-state index in [0.717, 1.165) is 44.5 Å². The Balaban J connectivity index is 1.24. The van der Waals surface area contributed by atoms with Gasteiger partial charge in [-0.15, -0.1) is 0 Å². The summed E-state index contributed by atoms with van der Waals surface area (Å²) in [6, 6.07) is 10.7. The van der Waals surface area contributed by atoms with E-state index < -0.39 is 0 Å². The van der Waals surface area contributed by atoms with Crippen LogP contribution in [0.5, 0.6) is 11.6 Å². The molecule has 0 bridgehead atoms. The van der Waals surface area contributed by atoms with Crippen molar-refractivity contribution in [3.05, 3.63) is 53.2 Å². The van der Waals surface area contributed by atoms with Gasteiger partial charge in [-0.25, -0.2) is 4.98 Å². The summed E-state index contributed by atoms with van der Waals surface area (Å²) in [7, 11) is 0. The van der Waals surface area contributed by atoms with Gasteiger partial charge < -0.3 is 9.64 Å². The molecule has 5 rings (SSSR count). The number of likely N-dealkylation sites (tertiary alicyclic amines) is 2. The van der Waals surface area contributed by atoms with Crippen LogP contribution in [0.3, 0.4) is 0 Å². The Labute approximate surface area is 166 Å². The number of benzene rings is 1. The van der Waals surface area contributed by atoms with Crippen molar-refractivity contribution in [3.8, 4) is 11.6 Å². The maximum absolute atomic E-state index is 12.4. The maximum atomic E-state index is 12.4. The number of rotatable bonds is 4. The molecule has 1 unspecified atom stereocenters. The molecule has 146 valence electrons. The first-order valence-corrected chi connectivity index (χ1v) is 10.6. The second-order valence-electron chi connectivity index (χ2n) is 8.22. The van der Waals surface area contributed by atoms with Crippen molar-refractivity contribution in [2.45, 2.75) is 44.6 Å². The number of hydrogen-bond acceptors (Lipinski definition) is 4. The van der Waals surface area contributed by atoms with Crippen LogP contribution >= 0.6 is 0 Å². The van der Waals surface area contributed by atoms with Crippen molar-refractivity contribution in [2.75, 3.05) is 26.2 Å². The highest BCUT2D eigenvalue weighted by molar-refractivity contribution is 5.94. The Morgan fingerprint density at radius 2 is 1.68 bits per heavy atom. The molecule has 1 aromatic carbocycles. The van der Waals surface area contributed by atoms with E-state index in [1.165, 1.54) is 37.1 Å². The Hall–Kier alpha value is -2.40. The lowest BCUT2D eigenvalue weighted by Gasteiger charge is -2.22. The Kier molecular flexibility index (Phi) is 4.77. The normalized spacial score (nSPS) is 21.9. The fourth-order valence-corrected chi connectivity index (χ4v) is 4.79. The summed E-state index contributed by atoms with van der Waals surface area (Å²) in [6.45, 7) is 4.19. The molecule has 1 amide bonds. The molecule has 0 N–H and O–H groups in total. The molecule has 28 heavy (non-hydrogen) atoms.